The summed E-state index contributed by atoms with van der Waals surface area (Å²) in [5, 5.41) is 0.584. The van der Waals surface area contributed by atoms with Gasteiger partial charge in [0.2, 0.25) is 0 Å². The lowest BCUT2D eigenvalue weighted by Crippen LogP contribution is -2.26. The highest BCUT2D eigenvalue weighted by Crippen LogP contribution is 2.63. The van der Waals surface area contributed by atoms with Gasteiger partial charge in [0.1, 0.15) is 5.60 Å². The Kier molecular flexibility index (Phi) is 4.56. The summed E-state index contributed by atoms with van der Waals surface area (Å²) in [4.78, 5) is 0.991. The van der Waals surface area contributed by atoms with Gasteiger partial charge in [-0.2, -0.15) is 0 Å². The summed E-state index contributed by atoms with van der Waals surface area (Å²) in [6.07, 6.45) is 4.61. The molecule has 0 saturated heterocycles. The maximum atomic E-state index is 12.2. The van der Waals surface area contributed by atoms with E-state index in [1.165, 1.54) is 20.0 Å². The van der Waals surface area contributed by atoms with Gasteiger partial charge in [-0.1, -0.05) is 12.8 Å². The molecule has 1 heterocycles. The molecule has 104 valence electrons. The molecule has 2 rings (SSSR count). The van der Waals surface area contributed by atoms with Crippen molar-refractivity contribution in [3.63, 3.8) is 0 Å². The van der Waals surface area contributed by atoms with Gasteiger partial charge in [-0.3, -0.25) is 9.09 Å². The first-order chi connectivity index (χ1) is 8.36. The van der Waals surface area contributed by atoms with E-state index in [4.69, 9.17) is 20.6 Å². The summed E-state index contributed by atoms with van der Waals surface area (Å²) in [6.45, 7) is 3.85. The van der Waals surface area contributed by atoms with E-state index < -0.39 is 13.2 Å². The van der Waals surface area contributed by atoms with Crippen LogP contribution in [0.1, 0.15) is 39.5 Å². The van der Waals surface area contributed by atoms with Gasteiger partial charge in [-0.05, 0) is 26.7 Å². The van der Waals surface area contributed by atoms with E-state index in [2.05, 4.69) is 0 Å². The number of alkyl halides is 1. The fourth-order valence-corrected chi connectivity index (χ4v) is 6.21. The molecule has 2 aliphatic rings. The van der Waals surface area contributed by atoms with Crippen molar-refractivity contribution in [3.8, 4) is 0 Å². The standard InChI is InChI=1S/C12H20ClO3PS/c1-12(2)11(8-17(14,15-3)16-12)18-10-7-5-4-6-9(10)13/h8-10H,4-7H2,1-3H3/t9-,10-,17-/m1/s1. The molecule has 0 spiro atoms. The quantitative estimate of drug-likeness (QED) is 0.556. The van der Waals surface area contributed by atoms with Crippen LogP contribution in [0.3, 0.4) is 0 Å². The zero-order valence-electron chi connectivity index (χ0n) is 11.0. The van der Waals surface area contributed by atoms with Crippen LogP contribution in [0.5, 0.6) is 0 Å². The summed E-state index contributed by atoms with van der Waals surface area (Å²) in [7, 11) is -1.62. The molecule has 0 amide bonds. The summed E-state index contributed by atoms with van der Waals surface area (Å²) in [5.74, 6) is 1.66. The Morgan fingerprint density at radius 2 is 2.17 bits per heavy atom. The Bertz CT molecular complexity index is 397. The van der Waals surface area contributed by atoms with Gasteiger partial charge in [0.15, 0.2) is 0 Å². The molecule has 18 heavy (non-hydrogen) atoms. The van der Waals surface area contributed by atoms with Crippen molar-refractivity contribution >= 4 is 31.0 Å². The third-order valence-corrected chi connectivity index (χ3v) is 7.75. The van der Waals surface area contributed by atoms with E-state index in [-0.39, 0.29) is 5.38 Å². The number of thioether (sulfide) groups is 1. The van der Waals surface area contributed by atoms with Crippen LogP contribution in [-0.4, -0.2) is 23.3 Å². The van der Waals surface area contributed by atoms with Crippen LogP contribution >= 0.6 is 31.0 Å². The molecule has 0 radical (unpaired) electrons. The maximum Gasteiger partial charge on any atom is 0.355 e. The average Bonchev–Trinajstić information content (AvgIpc) is 2.53. The molecule has 0 bridgehead atoms. The minimum absolute atomic E-state index is 0.197. The Labute approximate surface area is 118 Å². The Morgan fingerprint density at radius 3 is 2.72 bits per heavy atom. The van der Waals surface area contributed by atoms with E-state index in [0.29, 0.717) is 5.25 Å². The zero-order valence-corrected chi connectivity index (χ0v) is 13.5. The Balaban J connectivity index is 2.12. The van der Waals surface area contributed by atoms with Gasteiger partial charge in [-0.15, -0.1) is 23.4 Å². The number of hydrogen-bond donors (Lipinski definition) is 0. The first-order valence-corrected chi connectivity index (χ1v) is 9.19. The molecule has 0 aromatic carbocycles. The van der Waals surface area contributed by atoms with Crippen molar-refractivity contribution in [1.29, 1.82) is 0 Å². The van der Waals surface area contributed by atoms with E-state index in [1.54, 1.807) is 17.6 Å². The summed E-state index contributed by atoms with van der Waals surface area (Å²) in [6, 6.07) is 0. The minimum atomic E-state index is -3.04. The van der Waals surface area contributed by atoms with Gasteiger partial charge in [0.05, 0.1) is 0 Å². The highest BCUT2D eigenvalue weighted by Gasteiger charge is 2.43. The molecule has 1 aliphatic heterocycles. The molecule has 3 nitrogen and oxygen atoms in total. The Morgan fingerprint density at radius 1 is 1.50 bits per heavy atom. The highest BCUT2D eigenvalue weighted by atomic mass is 35.5. The predicted octanol–water partition coefficient (Wildman–Crippen LogP) is 4.76. The normalized spacial score (nSPS) is 39.7. The van der Waals surface area contributed by atoms with E-state index in [9.17, 15) is 4.57 Å². The average molecular weight is 311 g/mol. The van der Waals surface area contributed by atoms with Crippen LogP contribution in [0.4, 0.5) is 0 Å². The van der Waals surface area contributed by atoms with Crippen molar-refractivity contribution in [2.75, 3.05) is 7.11 Å². The third kappa shape index (κ3) is 3.16. The third-order valence-electron chi connectivity index (χ3n) is 3.38. The molecular weight excluding hydrogens is 291 g/mol. The number of halogens is 1. The molecular formula is C12H20ClO3PS. The largest absolute Gasteiger partial charge is 0.355 e. The molecule has 3 atom stereocenters. The van der Waals surface area contributed by atoms with Gasteiger partial charge in [0, 0.05) is 28.5 Å². The SMILES string of the molecule is CO[P@]1(=O)C=C(S[C@@H]2CCCC[C@H]2Cl)C(C)(C)O1. The van der Waals surface area contributed by atoms with Gasteiger partial charge < -0.3 is 4.52 Å². The Hall–Kier alpha value is 0.530. The fourth-order valence-electron chi connectivity index (χ4n) is 2.30. The van der Waals surface area contributed by atoms with Crippen LogP contribution in [0.2, 0.25) is 0 Å². The van der Waals surface area contributed by atoms with E-state index in [0.717, 1.165) is 17.7 Å². The van der Waals surface area contributed by atoms with Crippen molar-refractivity contribution in [2.45, 2.75) is 55.8 Å². The highest BCUT2D eigenvalue weighted by molar-refractivity contribution is 8.04. The summed E-state index contributed by atoms with van der Waals surface area (Å²) >= 11 is 8.08. The fraction of sp³-hybridized carbons (Fsp3) is 0.833. The topological polar surface area (TPSA) is 35.5 Å². The second-order valence-corrected chi connectivity index (χ2v) is 9.00. The molecule has 0 aromatic heterocycles. The van der Waals surface area contributed by atoms with Crippen LogP contribution in [0.15, 0.2) is 10.7 Å². The summed E-state index contributed by atoms with van der Waals surface area (Å²) in [5.41, 5.74) is -0.537. The second kappa shape index (κ2) is 5.49. The van der Waals surface area contributed by atoms with Gasteiger partial charge >= 0.3 is 7.60 Å². The van der Waals surface area contributed by atoms with Crippen molar-refractivity contribution in [2.24, 2.45) is 0 Å². The first kappa shape index (κ1) is 14.9. The minimum Gasteiger partial charge on any atom is -0.309 e. The monoisotopic (exact) mass is 310 g/mol. The molecule has 0 unspecified atom stereocenters. The van der Waals surface area contributed by atoms with Crippen molar-refractivity contribution in [1.82, 2.24) is 0 Å². The van der Waals surface area contributed by atoms with E-state index >= 15 is 0 Å². The molecule has 0 N–H and O–H groups in total. The molecule has 1 fully saturated rings. The van der Waals surface area contributed by atoms with Crippen LogP contribution in [0.25, 0.3) is 0 Å². The first-order valence-electron chi connectivity index (χ1n) is 6.26. The molecule has 1 aliphatic carbocycles. The maximum absolute atomic E-state index is 12.2. The van der Waals surface area contributed by atoms with Crippen LogP contribution in [0, 0.1) is 0 Å². The lowest BCUT2D eigenvalue weighted by Gasteiger charge is -2.30. The number of hydrogen-bond acceptors (Lipinski definition) is 4. The lowest BCUT2D eigenvalue weighted by molar-refractivity contribution is 0.142. The smallest absolute Gasteiger partial charge is 0.309 e. The summed E-state index contributed by atoms with van der Waals surface area (Å²) < 4.78 is 22.7. The van der Waals surface area contributed by atoms with Gasteiger partial charge in [0.25, 0.3) is 0 Å². The predicted molar refractivity (Wildman–Crippen MR) is 77.4 cm³/mol. The second-order valence-electron chi connectivity index (χ2n) is 5.27. The number of rotatable bonds is 3. The molecule has 1 saturated carbocycles. The van der Waals surface area contributed by atoms with E-state index in [1.807, 2.05) is 13.8 Å². The van der Waals surface area contributed by atoms with Crippen molar-refractivity contribution < 1.29 is 13.6 Å². The molecule has 0 aromatic rings. The van der Waals surface area contributed by atoms with Crippen LogP contribution < -0.4 is 0 Å². The van der Waals surface area contributed by atoms with Crippen molar-refractivity contribution in [3.05, 3.63) is 10.7 Å². The zero-order chi connectivity index (χ0) is 13.4. The van der Waals surface area contributed by atoms with Crippen LogP contribution in [-0.2, 0) is 13.6 Å². The lowest BCUT2D eigenvalue weighted by atomic mass is 10.00. The van der Waals surface area contributed by atoms with Gasteiger partial charge in [-0.25, -0.2) is 0 Å². The molecule has 6 heteroatoms.